The normalized spacial score (nSPS) is 25.4. The second-order valence-corrected chi connectivity index (χ2v) is 11.6. The SMILES string of the molecule is [O-][N+]1([PH](N2CCCC2)(N2CCCC2)n2nnc3cccnc32)CCCC1. The number of hydrogen-bond donors (Lipinski definition) is 0. The van der Waals surface area contributed by atoms with Crippen molar-refractivity contribution in [2.75, 3.05) is 39.3 Å². The Morgan fingerprint density at radius 2 is 1.54 bits per heavy atom. The first-order valence-electron chi connectivity index (χ1n) is 10.0. The van der Waals surface area contributed by atoms with E-state index in [1.54, 1.807) is 6.20 Å². The Bertz CT molecular complexity index is 762. The van der Waals surface area contributed by atoms with Gasteiger partial charge < -0.3 is 0 Å². The molecule has 9 heteroatoms. The third-order valence-corrected chi connectivity index (χ3v) is 11.4. The Kier molecular flexibility index (Phi) is 4.21. The summed E-state index contributed by atoms with van der Waals surface area (Å²) < 4.78 is 6.97. The van der Waals surface area contributed by atoms with E-state index in [2.05, 4.69) is 24.6 Å². The topological polar surface area (TPSA) is 73.1 Å². The molecule has 3 aliphatic heterocycles. The Hall–Kier alpha value is -1.18. The summed E-state index contributed by atoms with van der Waals surface area (Å²) in [4.78, 5) is 4.62. The van der Waals surface area contributed by atoms with Gasteiger partial charge in [0, 0.05) is 0 Å². The molecule has 3 fully saturated rings. The van der Waals surface area contributed by atoms with Gasteiger partial charge in [-0.05, 0) is 0 Å². The molecule has 3 saturated heterocycles. The zero-order valence-electron chi connectivity index (χ0n) is 15.3. The molecule has 8 nitrogen and oxygen atoms in total. The van der Waals surface area contributed by atoms with Gasteiger partial charge in [-0.25, -0.2) is 0 Å². The minimum absolute atomic E-state index is 0.109. The van der Waals surface area contributed by atoms with Crippen molar-refractivity contribution >= 4 is 19.0 Å². The molecule has 0 aliphatic carbocycles. The van der Waals surface area contributed by atoms with E-state index in [9.17, 15) is 5.21 Å². The summed E-state index contributed by atoms with van der Waals surface area (Å²) in [6.07, 6.45) is 8.50. The monoisotopic (exact) mass is 377 g/mol. The molecule has 26 heavy (non-hydrogen) atoms. The van der Waals surface area contributed by atoms with Gasteiger partial charge in [0.2, 0.25) is 0 Å². The molecule has 0 N–H and O–H groups in total. The van der Waals surface area contributed by atoms with E-state index in [4.69, 9.17) is 0 Å². The van der Waals surface area contributed by atoms with Crippen LogP contribution in [0, 0.1) is 5.21 Å². The molecule has 3 aliphatic rings. The van der Waals surface area contributed by atoms with Gasteiger partial charge in [0.25, 0.3) is 0 Å². The number of rotatable bonds is 4. The maximum absolute atomic E-state index is 14.4. The zero-order valence-corrected chi connectivity index (χ0v) is 16.3. The van der Waals surface area contributed by atoms with Gasteiger partial charge >= 0.3 is 154 Å². The van der Waals surface area contributed by atoms with Crippen LogP contribution in [0.1, 0.15) is 38.5 Å². The van der Waals surface area contributed by atoms with E-state index in [0.29, 0.717) is 13.1 Å². The molecule has 2 aromatic rings. The summed E-state index contributed by atoms with van der Waals surface area (Å²) in [7, 11) is -2.88. The summed E-state index contributed by atoms with van der Waals surface area (Å²) >= 11 is 0. The van der Waals surface area contributed by atoms with Crippen molar-refractivity contribution in [2.45, 2.75) is 38.5 Å². The summed E-state index contributed by atoms with van der Waals surface area (Å²) in [5.74, 6) is 0. The first-order valence-corrected chi connectivity index (χ1v) is 11.8. The van der Waals surface area contributed by atoms with Gasteiger partial charge in [-0.3, -0.25) is 0 Å². The van der Waals surface area contributed by atoms with Crippen LogP contribution >= 0.6 is 7.87 Å². The molecule has 142 valence electrons. The van der Waals surface area contributed by atoms with Crippen LogP contribution in [0.4, 0.5) is 0 Å². The van der Waals surface area contributed by atoms with Crippen molar-refractivity contribution in [1.29, 1.82) is 0 Å². The third-order valence-electron chi connectivity index (χ3n) is 6.39. The number of quaternary nitrogens is 1. The first kappa shape index (κ1) is 17.0. The van der Waals surface area contributed by atoms with Crippen LogP contribution in [0.2, 0.25) is 0 Å². The minimum atomic E-state index is -2.88. The molecule has 2 aromatic heterocycles. The predicted molar refractivity (Wildman–Crippen MR) is 103 cm³/mol. The van der Waals surface area contributed by atoms with Crippen LogP contribution in [0.5, 0.6) is 0 Å². The molecule has 0 radical (unpaired) electrons. The molecule has 5 rings (SSSR count). The van der Waals surface area contributed by atoms with E-state index in [1.165, 1.54) is 25.7 Å². The summed E-state index contributed by atoms with van der Waals surface area (Å²) in [5.41, 5.74) is 1.59. The van der Waals surface area contributed by atoms with Gasteiger partial charge in [0.05, 0.1) is 0 Å². The van der Waals surface area contributed by atoms with Crippen molar-refractivity contribution in [2.24, 2.45) is 0 Å². The predicted octanol–water partition coefficient (Wildman–Crippen LogP) is 2.38. The first-order chi connectivity index (χ1) is 12.8. The molecule has 0 unspecified atom stereocenters. The summed E-state index contributed by atoms with van der Waals surface area (Å²) in [5, 5.41) is 23.5. The van der Waals surface area contributed by atoms with Gasteiger partial charge in [0.1, 0.15) is 0 Å². The third kappa shape index (κ3) is 2.29. The fourth-order valence-electron chi connectivity index (χ4n) is 5.30. The molecule has 0 atom stereocenters. The number of hydrogen-bond acceptors (Lipinski definition) is 6. The average Bonchev–Trinajstić information content (AvgIpc) is 3.45. The average molecular weight is 377 g/mol. The molecular weight excluding hydrogens is 349 g/mol. The van der Waals surface area contributed by atoms with Crippen molar-refractivity contribution < 1.29 is 4.42 Å². The van der Waals surface area contributed by atoms with Gasteiger partial charge in [-0.15, -0.1) is 0 Å². The molecule has 5 heterocycles. The van der Waals surface area contributed by atoms with Gasteiger partial charge in [-0.1, -0.05) is 0 Å². The fourth-order valence-corrected chi connectivity index (χ4v) is 11.0. The zero-order chi connectivity index (χ0) is 17.6. The van der Waals surface area contributed by atoms with Crippen LogP contribution in [-0.2, 0) is 0 Å². The van der Waals surface area contributed by atoms with Crippen LogP contribution in [0.25, 0.3) is 11.2 Å². The second kappa shape index (κ2) is 6.46. The van der Waals surface area contributed by atoms with Crippen molar-refractivity contribution in [1.82, 2.24) is 29.1 Å². The summed E-state index contributed by atoms with van der Waals surface area (Å²) in [6, 6.07) is 3.85. The van der Waals surface area contributed by atoms with E-state index in [0.717, 1.165) is 50.2 Å². The molecule has 0 aromatic carbocycles. The van der Waals surface area contributed by atoms with E-state index >= 15 is 0 Å². The van der Waals surface area contributed by atoms with Crippen LogP contribution in [0.3, 0.4) is 0 Å². The number of aromatic nitrogens is 4. The van der Waals surface area contributed by atoms with Gasteiger partial charge in [-0.2, -0.15) is 0 Å². The molecule has 0 amide bonds. The number of pyridine rings is 1. The maximum atomic E-state index is 14.4. The quantitative estimate of drug-likeness (QED) is 0.602. The molecule has 0 bridgehead atoms. The Morgan fingerprint density at radius 1 is 0.923 bits per heavy atom. The van der Waals surface area contributed by atoms with Crippen LogP contribution in [-0.4, -0.2) is 72.8 Å². The van der Waals surface area contributed by atoms with Crippen LogP contribution in [0.15, 0.2) is 18.3 Å². The van der Waals surface area contributed by atoms with Crippen molar-refractivity contribution in [3.05, 3.63) is 23.5 Å². The Labute approximate surface area is 154 Å². The van der Waals surface area contributed by atoms with Crippen molar-refractivity contribution in [3.63, 3.8) is 0 Å². The fraction of sp³-hybridized carbons (Fsp3) is 0.706. The molecular formula is C17H28N7OP. The van der Waals surface area contributed by atoms with Gasteiger partial charge in [0.15, 0.2) is 0 Å². The molecule has 0 spiro atoms. The van der Waals surface area contributed by atoms with E-state index in [1.807, 2.05) is 16.6 Å². The van der Waals surface area contributed by atoms with Crippen molar-refractivity contribution in [3.8, 4) is 0 Å². The summed E-state index contributed by atoms with van der Waals surface area (Å²) in [6.45, 7) is 5.40. The number of nitrogens with zero attached hydrogens (tertiary/aromatic N) is 7. The second-order valence-electron chi connectivity index (χ2n) is 7.88. The standard InChI is InChI=1S/C17H28N7OP/c25-24(14-5-6-15-24)26(21-10-1-2-11-21,22-12-3-4-13-22)23-17-16(19-20-23)8-7-9-18-17/h7-9,26H,1-6,10-15H2. The number of fused-ring (bicyclic) bond motifs is 1. The Morgan fingerprint density at radius 3 is 2.15 bits per heavy atom. The van der Waals surface area contributed by atoms with Crippen LogP contribution < -0.4 is 0 Å². The van der Waals surface area contributed by atoms with E-state index in [-0.39, 0.29) is 4.42 Å². The van der Waals surface area contributed by atoms with E-state index < -0.39 is 7.87 Å². The molecule has 0 saturated carbocycles. The Balaban J connectivity index is 1.78. The number of hydroxylamine groups is 2.